The summed E-state index contributed by atoms with van der Waals surface area (Å²) in [6, 6.07) is 12.5. The van der Waals surface area contributed by atoms with Gasteiger partial charge in [-0.25, -0.2) is 4.39 Å². The molecule has 1 aliphatic heterocycles. The van der Waals surface area contributed by atoms with E-state index >= 15 is 0 Å². The Balaban J connectivity index is 1.51. The van der Waals surface area contributed by atoms with E-state index in [-0.39, 0.29) is 11.7 Å². The van der Waals surface area contributed by atoms with Crippen LogP contribution in [0.15, 0.2) is 47.4 Å². The molecule has 1 aliphatic rings. The number of amides is 1. The molecule has 0 aliphatic carbocycles. The Morgan fingerprint density at radius 2 is 2.04 bits per heavy atom. The lowest BCUT2D eigenvalue weighted by molar-refractivity contribution is -0.115. The maximum absolute atomic E-state index is 12.9. The van der Waals surface area contributed by atoms with Crippen molar-refractivity contribution in [1.29, 1.82) is 0 Å². The standard InChI is InChI=1S/C19H21FN2OS/c1-2-22-11-9-14-3-6-16(13-18(14)22)21-19(23)10-12-24-17-7-4-15(20)5-8-17/h3-8,13H,2,9-12H2,1H3,(H,21,23). The van der Waals surface area contributed by atoms with Crippen LogP contribution >= 0.6 is 11.8 Å². The number of carbonyl (C=O) groups excluding carboxylic acids is 1. The first-order valence-electron chi connectivity index (χ1n) is 8.22. The third-order valence-corrected chi connectivity index (χ3v) is 5.17. The van der Waals surface area contributed by atoms with E-state index in [0.717, 1.165) is 30.1 Å². The topological polar surface area (TPSA) is 32.3 Å². The Morgan fingerprint density at radius 1 is 1.25 bits per heavy atom. The van der Waals surface area contributed by atoms with E-state index in [4.69, 9.17) is 0 Å². The molecule has 0 fully saturated rings. The van der Waals surface area contributed by atoms with Gasteiger partial charge in [-0.1, -0.05) is 6.07 Å². The smallest absolute Gasteiger partial charge is 0.225 e. The van der Waals surface area contributed by atoms with Crippen LogP contribution in [0.2, 0.25) is 0 Å². The maximum Gasteiger partial charge on any atom is 0.225 e. The molecule has 0 radical (unpaired) electrons. The molecule has 0 aromatic heterocycles. The average molecular weight is 344 g/mol. The van der Waals surface area contributed by atoms with E-state index in [9.17, 15) is 9.18 Å². The number of nitrogens with one attached hydrogen (secondary N) is 1. The lowest BCUT2D eigenvalue weighted by Gasteiger charge is -2.17. The van der Waals surface area contributed by atoms with Gasteiger partial charge in [0.05, 0.1) is 0 Å². The van der Waals surface area contributed by atoms with Crippen molar-refractivity contribution in [3.05, 3.63) is 53.8 Å². The normalized spacial score (nSPS) is 13.0. The van der Waals surface area contributed by atoms with E-state index in [1.165, 1.54) is 23.4 Å². The van der Waals surface area contributed by atoms with Gasteiger partial charge in [-0.3, -0.25) is 4.79 Å². The highest BCUT2D eigenvalue weighted by atomic mass is 32.2. The van der Waals surface area contributed by atoms with Gasteiger partial charge in [0.25, 0.3) is 0 Å². The van der Waals surface area contributed by atoms with Crippen LogP contribution in [0.5, 0.6) is 0 Å². The van der Waals surface area contributed by atoms with Crippen molar-refractivity contribution in [2.45, 2.75) is 24.7 Å². The number of rotatable bonds is 6. The Labute approximate surface area is 146 Å². The zero-order valence-electron chi connectivity index (χ0n) is 13.7. The fourth-order valence-corrected chi connectivity index (χ4v) is 3.72. The number of fused-ring (bicyclic) bond motifs is 1. The molecular formula is C19H21FN2OS. The van der Waals surface area contributed by atoms with Gasteiger partial charge in [0.15, 0.2) is 0 Å². The predicted molar refractivity (Wildman–Crippen MR) is 98.4 cm³/mol. The molecule has 3 nitrogen and oxygen atoms in total. The van der Waals surface area contributed by atoms with Crippen molar-refractivity contribution < 1.29 is 9.18 Å². The van der Waals surface area contributed by atoms with Gasteiger partial charge < -0.3 is 10.2 Å². The molecule has 126 valence electrons. The third-order valence-electron chi connectivity index (χ3n) is 4.15. The molecule has 5 heteroatoms. The quantitative estimate of drug-likeness (QED) is 0.792. The van der Waals surface area contributed by atoms with Crippen molar-refractivity contribution in [1.82, 2.24) is 0 Å². The molecule has 0 saturated heterocycles. The largest absolute Gasteiger partial charge is 0.371 e. The van der Waals surface area contributed by atoms with Gasteiger partial charge in [-0.15, -0.1) is 11.8 Å². The van der Waals surface area contributed by atoms with Crippen LogP contribution in [0.1, 0.15) is 18.9 Å². The second kappa shape index (κ2) is 7.71. The molecule has 0 spiro atoms. The fourth-order valence-electron chi connectivity index (χ4n) is 2.87. The first-order valence-corrected chi connectivity index (χ1v) is 9.20. The van der Waals surface area contributed by atoms with Gasteiger partial charge >= 0.3 is 0 Å². The lowest BCUT2D eigenvalue weighted by atomic mass is 10.1. The van der Waals surface area contributed by atoms with Crippen molar-refractivity contribution in [3.8, 4) is 0 Å². The van der Waals surface area contributed by atoms with Gasteiger partial charge in [0, 0.05) is 41.5 Å². The number of anilines is 2. The molecule has 0 unspecified atom stereocenters. The summed E-state index contributed by atoms with van der Waals surface area (Å²) in [6.45, 7) is 4.18. The minimum atomic E-state index is -0.241. The van der Waals surface area contributed by atoms with Gasteiger partial charge in [-0.2, -0.15) is 0 Å². The van der Waals surface area contributed by atoms with Crippen LogP contribution in [0, 0.1) is 5.82 Å². The summed E-state index contributed by atoms with van der Waals surface area (Å²) in [7, 11) is 0. The molecule has 1 amide bonds. The maximum atomic E-state index is 12.9. The van der Waals surface area contributed by atoms with E-state index < -0.39 is 0 Å². The summed E-state index contributed by atoms with van der Waals surface area (Å²) >= 11 is 1.56. The number of halogens is 1. The number of hydrogen-bond donors (Lipinski definition) is 1. The number of likely N-dealkylation sites (N-methyl/N-ethyl adjacent to an activating group) is 1. The summed E-state index contributed by atoms with van der Waals surface area (Å²) in [6.07, 6.45) is 1.50. The number of thioether (sulfide) groups is 1. The van der Waals surface area contributed by atoms with E-state index in [1.807, 2.05) is 6.07 Å². The Morgan fingerprint density at radius 3 is 2.79 bits per heavy atom. The van der Waals surface area contributed by atoms with E-state index in [2.05, 4.69) is 29.3 Å². The Hall–Kier alpha value is -2.01. The number of carbonyl (C=O) groups is 1. The summed E-state index contributed by atoms with van der Waals surface area (Å²) in [5, 5.41) is 2.97. The zero-order valence-corrected chi connectivity index (χ0v) is 14.5. The summed E-state index contributed by atoms with van der Waals surface area (Å²) in [4.78, 5) is 15.4. The van der Waals surface area contributed by atoms with Crippen molar-refractivity contribution in [3.63, 3.8) is 0 Å². The highest BCUT2D eigenvalue weighted by Gasteiger charge is 2.18. The van der Waals surface area contributed by atoms with Crippen molar-refractivity contribution in [2.75, 3.05) is 29.1 Å². The Kier molecular flexibility index (Phi) is 5.41. The van der Waals surface area contributed by atoms with Crippen LogP contribution in [0.4, 0.5) is 15.8 Å². The van der Waals surface area contributed by atoms with Crippen LogP contribution < -0.4 is 10.2 Å². The minimum Gasteiger partial charge on any atom is -0.371 e. The molecule has 1 N–H and O–H groups in total. The lowest BCUT2D eigenvalue weighted by Crippen LogP contribution is -2.19. The molecule has 0 atom stereocenters. The summed E-state index contributed by atoms with van der Waals surface area (Å²) in [5.41, 5.74) is 3.43. The summed E-state index contributed by atoms with van der Waals surface area (Å²) < 4.78 is 12.9. The highest BCUT2D eigenvalue weighted by molar-refractivity contribution is 7.99. The van der Waals surface area contributed by atoms with Gasteiger partial charge in [0.1, 0.15) is 5.82 Å². The molecule has 2 aromatic rings. The van der Waals surface area contributed by atoms with Crippen LogP contribution in [0.3, 0.4) is 0 Å². The number of benzene rings is 2. The Bertz CT molecular complexity index is 718. The number of nitrogens with zero attached hydrogens (tertiary/aromatic N) is 1. The van der Waals surface area contributed by atoms with Crippen LogP contribution in [0.25, 0.3) is 0 Å². The monoisotopic (exact) mass is 344 g/mol. The molecule has 3 rings (SSSR count). The molecule has 1 heterocycles. The van der Waals surface area contributed by atoms with Gasteiger partial charge in [-0.05, 0) is 55.3 Å². The van der Waals surface area contributed by atoms with Crippen LogP contribution in [-0.4, -0.2) is 24.7 Å². The average Bonchev–Trinajstić information content (AvgIpc) is 2.99. The van der Waals surface area contributed by atoms with Crippen molar-refractivity contribution in [2.24, 2.45) is 0 Å². The first kappa shape index (κ1) is 16.8. The van der Waals surface area contributed by atoms with E-state index in [1.54, 1.807) is 23.9 Å². The second-order valence-electron chi connectivity index (χ2n) is 5.77. The highest BCUT2D eigenvalue weighted by Crippen LogP contribution is 2.30. The minimum absolute atomic E-state index is 0.00519. The number of hydrogen-bond acceptors (Lipinski definition) is 3. The fraction of sp³-hybridized carbons (Fsp3) is 0.316. The van der Waals surface area contributed by atoms with Crippen molar-refractivity contribution >= 4 is 29.0 Å². The molecular weight excluding hydrogens is 323 g/mol. The molecule has 24 heavy (non-hydrogen) atoms. The molecule has 0 bridgehead atoms. The zero-order chi connectivity index (χ0) is 16.9. The predicted octanol–water partition coefficient (Wildman–Crippen LogP) is 4.33. The summed E-state index contributed by atoms with van der Waals surface area (Å²) in [5.74, 6) is 0.434. The molecule has 0 saturated carbocycles. The molecule has 2 aromatic carbocycles. The first-order chi connectivity index (χ1) is 11.7. The SMILES string of the molecule is CCN1CCc2ccc(NC(=O)CCSc3ccc(F)cc3)cc21. The second-order valence-corrected chi connectivity index (χ2v) is 6.94. The van der Waals surface area contributed by atoms with Gasteiger partial charge in [0.2, 0.25) is 5.91 Å². The van der Waals surface area contributed by atoms with Crippen LogP contribution in [-0.2, 0) is 11.2 Å². The third kappa shape index (κ3) is 4.09. The van der Waals surface area contributed by atoms with E-state index in [0.29, 0.717) is 12.2 Å².